The van der Waals surface area contributed by atoms with Crippen LogP contribution in [0.2, 0.25) is 0 Å². The van der Waals surface area contributed by atoms with Crippen molar-refractivity contribution < 1.29 is 228 Å². The molecule has 0 aromatic carbocycles. The molecule has 106 heavy (non-hydrogen) atoms. The van der Waals surface area contributed by atoms with Gasteiger partial charge in [-0.05, 0) is 0 Å². The second-order valence-electron chi connectivity index (χ2n) is 26.8. The largest absolute Gasteiger partial charge is 0.394 e. The molecule has 0 aromatic rings. The number of nitrogens with one attached hydrogen (secondary N) is 2. The monoisotopic (exact) mass is 1560 g/mol. The Kier molecular flexibility index (Phi) is 31.1. The van der Waals surface area contributed by atoms with E-state index in [0.717, 1.165) is 13.8 Å². The van der Waals surface area contributed by atoms with E-state index in [2.05, 4.69) is 10.6 Å². The van der Waals surface area contributed by atoms with Crippen LogP contribution in [0.25, 0.3) is 0 Å². The molecule has 0 spiro atoms. The highest BCUT2D eigenvalue weighted by Gasteiger charge is 2.60. The Balaban J connectivity index is 1.06. The molecule has 48 nitrogen and oxygen atoms in total. The lowest BCUT2D eigenvalue weighted by Crippen LogP contribution is -2.70. The minimum Gasteiger partial charge on any atom is -0.394 e. The molecule has 45 atom stereocenters. The number of carbonyl (C=O) groups excluding carboxylic acids is 2. The van der Waals surface area contributed by atoms with Crippen molar-refractivity contribution in [1.82, 2.24) is 10.6 Å². The molecule has 0 unspecified atom stereocenters. The third kappa shape index (κ3) is 18.8. The van der Waals surface area contributed by atoms with E-state index >= 15 is 0 Å². The van der Waals surface area contributed by atoms with Crippen LogP contribution in [-0.2, 0) is 90.1 Å². The van der Waals surface area contributed by atoms with Gasteiger partial charge in [-0.15, -0.1) is 0 Å². The molecule has 9 fully saturated rings. The first-order valence-corrected chi connectivity index (χ1v) is 33.7. The number of hydrogen-bond acceptors (Lipinski definition) is 46. The molecule has 9 rings (SSSR count). The van der Waals surface area contributed by atoms with E-state index in [9.17, 15) is 147 Å². The number of ether oxygens (including phenoxy) is 17. The van der Waals surface area contributed by atoms with Crippen LogP contribution >= 0.6 is 0 Å². The highest BCUT2D eigenvalue weighted by molar-refractivity contribution is 5.73. The Bertz CT molecular complexity index is 2710. The van der Waals surface area contributed by atoms with E-state index in [1.165, 1.54) is 0 Å². The Morgan fingerprint density at radius 2 is 0.481 bits per heavy atom. The average Bonchev–Trinajstić information content (AvgIpc) is 0.761. The predicted octanol–water partition coefficient (Wildman–Crippen LogP) is -20.3. The Morgan fingerprint density at radius 3 is 0.821 bits per heavy atom. The van der Waals surface area contributed by atoms with Crippen LogP contribution in [0.3, 0.4) is 0 Å². The van der Waals surface area contributed by atoms with Crippen LogP contribution in [-0.4, -0.2) is 485 Å². The average molecular weight is 1560 g/mol. The second-order valence-corrected chi connectivity index (χ2v) is 26.8. The summed E-state index contributed by atoms with van der Waals surface area (Å²) in [5.41, 5.74) is 0. The number of rotatable bonds is 27. The van der Waals surface area contributed by atoms with E-state index in [0.29, 0.717) is 0 Å². The summed E-state index contributed by atoms with van der Waals surface area (Å²) in [5, 5.41) is 301. The van der Waals surface area contributed by atoms with Crippen LogP contribution in [0.15, 0.2) is 0 Å². The lowest BCUT2D eigenvalue weighted by atomic mass is 9.94. The van der Waals surface area contributed by atoms with Crippen LogP contribution in [0, 0.1) is 0 Å². The molecule has 616 valence electrons. The van der Waals surface area contributed by atoms with Gasteiger partial charge in [0.25, 0.3) is 0 Å². The first-order chi connectivity index (χ1) is 50.1. The maximum atomic E-state index is 12.9. The van der Waals surface area contributed by atoms with E-state index in [4.69, 9.17) is 80.5 Å². The minimum absolute atomic E-state index is 0.787. The van der Waals surface area contributed by atoms with Crippen molar-refractivity contribution in [2.45, 2.75) is 290 Å². The van der Waals surface area contributed by atoms with Crippen molar-refractivity contribution in [3.63, 3.8) is 0 Å². The molecule has 0 radical (unpaired) electrons. The Morgan fingerprint density at radius 1 is 0.245 bits per heavy atom. The first kappa shape index (κ1) is 87.2. The molecule has 0 bridgehead atoms. The fourth-order valence-corrected chi connectivity index (χ4v) is 13.5. The van der Waals surface area contributed by atoms with Crippen LogP contribution in [0.5, 0.6) is 0 Å². The van der Waals surface area contributed by atoms with Gasteiger partial charge in [0, 0.05) is 13.8 Å². The topological polar surface area (TPSA) is 761 Å². The molecular formula is C58H98N2O46. The molecule has 0 saturated carbocycles. The quantitative estimate of drug-likeness (QED) is 0.0363. The summed E-state index contributed by atoms with van der Waals surface area (Å²) in [7, 11) is 0. The number of amides is 2. The highest BCUT2D eigenvalue weighted by Crippen LogP contribution is 2.39. The van der Waals surface area contributed by atoms with Crippen LogP contribution in [0.4, 0.5) is 0 Å². The van der Waals surface area contributed by atoms with Crippen molar-refractivity contribution >= 4 is 11.8 Å². The highest BCUT2D eigenvalue weighted by atomic mass is 16.8. The lowest BCUT2D eigenvalue weighted by Gasteiger charge is -2.50. The van der Waals surface area contributed by atoms with Crippen molar-refractivity contribution in [3.8, 4) is 0 Å². The molecule has 0 aromatic heterocycles. The van der Waals surface area contributed by atoms with Gasteiger partial charge >= 0.3 is 0 Å². The van der Waals surface area contributed by atoms with E-state index in [1.807, 2.05) is 0 Å². The first-order valence-electron chi connectivity index (χ1n) is 33.7. The van der Waals surface area contributed by atoms with Gasteiger partial charge in [0.2, 0.25) is 11.8 Å². The molecule has 2 amide bonds. The summed E-state index contributed by atoms with van der Waals surface area (Å²) in [5.74, 6) is -1.73. The minimum atomic E-state index is -2.58. The van der Waals surface area contributed by atoms with Gasteiger partial charge < -0.3 is 229 Å². The predicted molar refractivity (Wildman–Crippen MR) is 320 cm³/mol. The van der Waals surface area contributed by atoms with Gasteiger partial charge in [-0.3, -0.25) is 9.59 Å². The summed E-state index contributed by atoms with van der Waals surface area (Å²) >= 11 is 0. The van der Waals surface area contributed by atoms with Crippen LogP contribution < -0.4 is 10.6 Å². The van der Waals surface area contributed by atoms with Crippen molar-refractivity contribution in [2.24, 2.45) is 0 Å². The van der Waals surface area contributed by atoms with Crippen molar-refractivity contribution in [2.75, 3.05) is 59.5 Å². The number of hydrogen-bond donors (Lipinski definition) is 29. The summed E-state index contributed by atoms with van der Waals surface area (Å²) in [6.07, 6.45) is -90.0. The standard InChI is InChI=1S/C58H98N2O46/c1-12(67)59-23-32(76)45(18(7-65)93-50(23)89)102-51-24(60-13(2)68)33(77)46(19(8-66)98-51)103-57-43(87)49(106-58-44(88)48(105-56-41(85)37(81)28(72)17(6-64)97-56)30(74)21(101-58)10-91-53-39(83)35(79)26(70)15(4-62)95-53)31(75)22(100-57)11-92-54-42(86)47(104-55-40(84)36(80)27(71)16(5-63)96-55)29(73)20(99-54)9-90-52-38(82)34(78)25(69)14(3-61)94-52/h14-58,61-66,69-89H,3-11H2,1-2H3,(H,59,67)(H,60,68)/t14-,15-,16-,17-,18-,19-,20-,21-,22-,23-,24-,25-,26-,27-,28-,29-,30-,31-,32-,33-,34+,35+,36+,37+,38+,39+,40+,41+,42+,43+,44+,45-,46-,47+,48+,49+,50-,51+,52+,53+,54+,55-,56-,57+,58-/m1/s1. The van der Waals surface area contributed by atoms with E-state index < -0.39 is 348 Å². The molecule has 48 heteroatoms. The molecule has 9 heterocycles. The number of aliphatic hydroxyl groups excluding tert-OH is 27. The number of aliphatic hydroxyl groups is 27. The smallest absolute Gasteiger partial charge is 0.217 e. The SMILES string of the molecule is CC(=O)N[C@@H]1[C@@H](O)[C@H](O[C@@H]2O[C@H](CO)[C@@H](O[C@@H]3O[C@H](CO[C@H]4O[C@H](CO[C@H]5O[C@H](CO)[C@@H](O)[C@H](O)[C@@H]5O)[C@@H](O)[C@H](O[C@H]5O[C@H](CO)[C@@H](O)[C@H](O)[C@@H]5O)[C@@H]4O)[C@@H](O)[C@H](O[C@H]4O[C@H](CO[C@H]5O[C@H](CO)[C@@H](O)[C@H](O)[C@@H]5O)[C@@H](O)[C@H](O[C@H]5O[C@H](CO)[C@@H](O)[C@H](O)[C@@H]5O)[C@@H]4O)[C@@H]3O)[C@H](O)[C@H]2NC(C)=O)[C@@H](CO)O[C@H]1O. The maximum absolute atomic E-state index is 12.9. The zero-order chi connectivity index (χ0) is 77.9. The molecule has 9 aliphatic rings. The summed E-state index contributed by atoms with van der Waals surface area (Å²) in [6.45, 7) is -7.47. The van der Waals surface area contributed by atoms with Gasteiger partial charge in [0.05, 0.1) is 59.5 Å². The molecule has 9 saturated heterocycles. The van der Waals surface area contributed by atoms with Gasteiger partial charge in [0.15, 0.2) is 56.6 Å². The molecular weight excluding hydrogens is 1460 g/mol. The summed E-state index contributed by atoms with van der Waals surface area (Å²) < 4.78 is 98.3. The van der Waals surface area contributed by atoms with E-state index in [1.54, 1.807) is 0 Å². The fourth-order valence-electron chi connectivity index (χ4n) is 13.5. The number of carbonyl (C=O) groups is 2. The zero-order valence-electron chi connectivity index (χ0n) is 56.2. The summed E-state index contributed by atoms with van der Waals surface area (Å²) in [4.78, 5) is 25.0. The van der Waals surface area contributed by atoms with Crippen LogP contribution in [0.1, 0.15) is 13.8 Å². The molecule has 29 N–H and O–H groups in total. The molecule has 9 aliphatic heterocycles. The van der Waals surface area contributed by atoms with Crippen molar-refractivity contribution in [1.29, 1.82) is 0 Å². The van der Waals surface area contributed by atoms with Gasteiger partial charge in [-0.1, -0.05) is 0 Å². The fraction of sp³-hybridized carbons (Fsp3) is 0.966. The van der Waals surface area contributed by atoms with Crippen molar-refractivity contribution in [3.05, 3.63) is 0 Å². The molecule has 0 aliphatic carbocycles. The zero-order valence-corrected chi connectivity index (χ0v) is 56.2. The third-order valence-electron chi connectivity index (χ3n) is 19.5. The van der Waals surface area contributed by atoms with Gasteiger partial charge in [0.1, 0.15) is 220 Å². The second kappa shape index (κ2) is 37.9. The third-order valence-corrected chi connectivity index (χ3v) is 19.5. The van der Waals surface area contributed by atoms with Gasteiger partial charge in [-0.25, -0.2) is 0 Å². The maximum Gasteiger partial charge on any atom is 0.217 e. The normalized spacial score (nSPS) is 51.2. The Labute approximate surface area is 598 Å². The van der Waals surface area contributed by atoms with E-state index in [-0.39, 0.29) is 0 Å². The lowest BCUT2D eigenvalue weighted by molar-refractivity contribution is -0.396. The summed E-state index contributed by atoms with van der Waals surface area (Å²) in [6, 6.07) is -3.57. The van der Waals surface area contributed by atoms with Gasteiger partial charge in [-0.2, -0.15) is 0 Å². The Hall–Kier alpha value is -2.82.